The number of rotatable bonds is 6. The molecule has 0 saturated carbocycles. The molecule has 26 heavy (non-hydrogen) atoms. The molecule has 0 radical (unpaired) electrons. The van der Waals surface area contributed by atoms with Crippen molar-refractivity contribution < 1.29 is 14.3 Å². The molecule has 2 heterocycles. The van der Waals surface area contributed by atoms with Gasteiger partial charge in [-0.05, 0) is 25.0 Å². The molecule has 2 N–H and O–H groups in total. The second kappa shape index (κ2) is 9.46. The van der Waals surface area contributed by atoms with Gasteiger partial charge in [0.1, 0.15) is 0 Å². The number of morpholine rings is 2. The van der Waals surface area contributed by atoms with Gasteiger partial charge in [-0.2, -0.15) is 0 Å². The first-order chi connectivity index (χ1) is 12.6. The molecule has 6 heteroatoms. The minimum Gasteiger partial charge on any atom is -0.378 e. The van der Waals surface area contributed by atoms with E-state index in [0.717, 1.165) is 38.3 Å². The highest BCUT2D eigenvalue weighted by atomic mass is 16.5. The fourth-order valence-electron chi connectivity index (χ4n) is 3.68. The van der Waals surface area contributed by atoms with Crippen LogP contribution in [0.2, 0.25) is 0 Å². The summed E-state index contributed by atoms with van der Waals surface area (Å²) in [4.78, 5) is 14.5. The van der Waals surface area contributed by atoms with Gasteiger partial charge >= 0.3 is 0 Å². The zero-order chi connectivity index (χ0) is 18.4. The number of amides is 1. The van der Waals surface area contributed by atoms with Crippen LogP contribution in [0.4, 0.5) is 0 Å². The van der Waals surface area contributed by atoms with Crippen molar-refractivity contribution in [1.29, 1.82) is 0 Å². The summed E-state index contributed by atoms with van der Waals surface area (Å²) in [5.74, 6) is 0.0633. The molecule has 2 aliphatic heterocycles. The Bertz CT molecular complexity index is 562. The summed E-state index contributed by atoms with van der Waals surface area (Å²) < 4.78 is 11.2. The van der Waals surface area contributed by atoms with Crippen molar-refractivity contribution in [1.82, 2.24) is 15.5 Å². The van der Waals surface area contributed by atoms with E-state index < -0.39 is 0 Å². The molecule has 2 fully saturated rings. The van der Waals surface area contributed by atoms with E-state index in [1.165, 1.54) is 5.56 Å². The number of hydrogen-bond acceptors (Lipinski definition) is 5. The van der Waals surface area contributed by atoms with Crippen molar-refractivity contribution in [2.75, 3.05) is 32.8 Å². The number of carbonyl (C=O) groups excluding carboxylic acids is 1. The fraction of sp³-hybridized carbons (Fsp3) is 0.650. The number of carbonyl (C=O) groups is 1. The largest absolute Gasteiger partial charge is 0.378 e. The lowest BCUT2D eigenvalue weighted by Gasteiger charge is -2.35. The van der Waals surface area contributed by atoms with E-state index in [2.05, 4.69) is 53.6 Å². The smallest absolute Gasteiger partial charge is 0.221 e. The highest BCUT2D eigenvalue weighted by Gasteiger charge is 2.22. The Kier molecular flexibility index (Phi) is 7.02. The molecule has 1 amide bonds. The molecule has 144 valence electrons. The molecule has 0 aliphatic carbocycles. The predicted molar refractivity (Wildman–Crippen MR) is 101 cm³/mol. The van der Waals surface area contributed by atoms with E-state index in [9.17, 15) is 4.79 Å². The summed E-state index contributed by atoms with van der Waals surface area (Å²) in [7, 11) is 0. The molecular formula is C20H31N3O3. The van der Waals surface area contributed by atoms with E-state index in [1.807, 2.05) is 0 Å². The van der Waals surface area contributed by atoms with Crippen LogP contribution in [0.15, 0.2) is 24.3 Å². The lowest BCUT2D eigenvalue weighted by Crippen LogP contribution is -2.44. The molecule has 3 rings (SSSR count). The van der Waals surface area contributed by atoms with Crippen LogP contribution in [0.25, 0.3) is 0 Å². The number of nitrogens with zero attached hydrogens (tertiary/aromatic N) is 1. The van der Waals surface area contributed by atoms with Crippen molar-refractivity contribution >= 4 is 5.91 Å². The first-order valence-electron chi connectivity index (χ1n) is 9.62. The first-order valence-corrected chi connectivity index (χ1v) is 9.62. The predicted octanol–water partition coefficient (Wildman–Crippen LogP) is 1.29. The maximum Gasteiger partial charge on any atom is 0.221 e. The number of ether oxygens (including phenoxy) is 2. The van der Waals surface area contributed by atoms with Gasteiger partial charge in [0.25, 0.3) is 0 Å². The van der Waals surface area contributed by atoms with E-state index in [0.29, 0.717) is 19.6 Å². The average molecular weight is 361 g/mol. The van der Waals surface area contributed by atoms with Gasteiger partial charge in [0.15, 0.2) is 0 Å². The second-order valence-corrected chi connectivity index (χ2v) is 7.47. The fourth-order valence-corrected chi connectivity index (χ4v) is 3.68. The number of benzene rings is 1. The van der Waals surface area contributed by atoms with Gasteiger partial charge in [0, 0.05) is 45.2 Å². The van der Waals surface area contributed by atoms with Crippen molar-refractivity contribution in [2.24, 2.45) is 0 Å². The third-order valence-electron chi connectivity index (χ3n) is 4.84. The van der Waals surface area contributed by atoms with Gasteiger partial charge in [-0.25, -0.2) is 0 Å². The van der Waals surface area contributed by atoms with Gasteiger partial charge in [-0.1, -0.05) is 24.3 Å². The summed E-state index contributed by atoms with van der Waals surface area (Å²) in [5, 5.41) is 6.30. The average Bonchev–Trinajstić information content (AvgIpc) is 2.61. The Morgan fingerprint density at radius 3 is 2.54 bits per heavy atom. The van der Waals surface area contributed by atoms with Gasteiger partial charge in [-0.15, -0.1) is 0 Å². The van der Waals surface area contributed by atoms with Gasteiger partial charge in [0.05, 0.1) is 25.4 Å². The summed E-state index contributed by atoms with van der Waals surface area (Å²) >= 11 is 0. The quantitative estimate of drug-likeness (QED) is 0.800. The van der Waals surface area contributed by atoms with Crippen LogP contribution in [0.3, 0.4) is 0 Å². The molecule has 0 aromatic heterocycles. The lowest BCUT2D eigenvalue weighted by atomic mass is 10.1. The van der Waals surface area contributed by atoms with Crippen molar-refractivity contribution in [3.05, 3.63) is 35.4 Å². The van der Waals surface area contributed by atoms with E-state index >= 15 is 0 Å². The molecule has 1 aromatic rings. The molecule has 0 spiro atoms. The molecule has 3 unspecified atom stereocenters. The zero-order valence-electron chi connectivity index (χ0n) is 15.9. The third kappa shape index (κ3) is 6.06. The molecule has 0 bridgehead atoms. The summed E-state index contributed by atoms with van der Waals surface area (Å²) in [6.07, 6.45) is 1.04. The molecule has 2 saturated heterocycles. The van der Waals surface area contributed by atoms with Crippen LogP contribution < -0.4 is 10.6 Å². The standard InChI is InChI=1S/C20H31N3O3/c1-15-11-23(12-16(2)26-15)13-18-5-3-17(4-6-18)10-22-20(24)9-19-14-25-8-7-21-19/h3-6,15-16,19,21H,7-14H2,1-2H3,(H,22,24). The Hall–Kier alpha value is -1.47. The minimum absolute atomic E-state index is 0.0633. The molecule has 1 aromatic carbocycles. The third-order valence-corrected chi connectivity index (χ3v) is 4.84. The second-order valence-electron chi connectivity index (χ2n) is 7.47. The topological polar surface area (TPSA) is 62.8 Å². The monoisotopic (exact) mass is 361 g/mol. The van der Waals surface area contributed by atoms with Crippen LogP contribution in [0.1, 0.15) is 31.4 Å². The maximum absolute atomic E-state index is 12.1. The molecule has 2 aliphatic rings. The molecule has 6 nitrogen and oxygen atoms in total. The summed E-state index contributed by atoms with van der Waals surface area (Å²) in [6.45, 7) is 9.87. The zero-order valence-corrected chi connectivity index (χ0v) is 15.9. The molecule has 3 atom stereocenters. The first kappa shape index (κ1) is 19.3. The van der Waals surface area contributed by atoms with Crippen LogP contribution in [-0.2, 0) is 27.4 Å². The van der Waals surface area contributed by atoms with Crippen LogP contribution in [0.5, 0.6) is 0 Å². The Balaban J connectivity index is 1.41. The van der Waals surface area contributed by atoms with Crippen LogP contribution in [0, 0.1) is 0 Å². The van der Waals surface area contributed by atoms with E-state index in [4.69, 9.17) is 9.47 Å². The highest BCUT2D eigenvalue weighted by molar-refractivity contribution is 5.76. The minimum atomic E-state index is 0.0633. The van der Waals surface area contributed by atoms with Crippen molar-refractivity contribution in [3.8, 4) is 0 Å². The van der Waals surface area contributed by atoms with Crippen molar-refractivity contribution in [3.63, 3.8) is 0 Å². The Morgan fingerprint density at radius 2 is 1.88 bits per heavy atom. The Labute approximate surface area is 156 Å². The van der Waals surface area contributed by atoms with Gasteiger partial charge < -0.3 is 20.1 Å². The van der Waals surface area contributed by atoms with E-state index in [1.54, 1.807) is 0 Å². The van der Waals surface area contributed by atoms with Gasteiger partial charge in [0.2, 0.25) is 5.91 Å². The maximum atomic E-state index is 12.1. The molecular weight excluding hydrogens is 330 g/mol. The van der Waals surface area contributed by atoms with Crippen LogP contribution in [-0.4, -0.2) is 61.9 Å². The van der Waals surface area contributed by atoms with E-state index in [-0.39, 0.29) is 24.2 Å². The van der Waals surface area contributed by atoms with Gasteiger partial charge in [-0.3, -0.25) is 9.69 Å². The normalized spacial score (nSPS) is 27.2. The Morgan fingerprint density at radius 1 is 1.19 bits per heavy atom. The summed E-state index contributed by atoms with van der Waals surface area (Å²) in [5.41, 5.74) is 2.42. The highest BCUT2D eigenvalue weighted by Crippen LogP contribution is 2.14. The number of hydrogen-bond donors (Lipinski definition) is 2. The number of nitrogens with one attached hydrogen (secondary N) is 2. The van der Waals surface area contributed by atoms with Crippen LogP contribution >= 0.6 is 0 Å². The van der Waals surface area contributed by atoms with Crippen molar-refractivity contribution in [2.45, 2.75) is 51.6 Å². The summed E-state index contributed by atoms with van der Waals surface area (Å²) in [6, 6.07) is 8.64. The SMILES string of the molecule is CC1CN(Cc2ccc(CNC(=O)CC3COCCN3)cc2)CC(C)O1. The lowest BCUT2D eigenvalue weighted by molar-refractivity contribution is -0.122.